The number of likely N-dealkylation sites (N-methyl/N-ethyl adjacent to an activating group) is 1. The van der Waals surface area contributed by atoms with E-state index in [1.54, 1.807) is 6.07 Å². The average Bonchev–Trinajstić information content (AvgIpc) is 2.87. The molecule has 0 saturated carbocycles. The molecule has 7 heteroatoms. The summed E-state index contributed by atoms with van der Waals surface area (Å²) in [6.45, 7) is 0.252. The summed E-state index contributed by atoms with van der Waals surface area (Å²) in [7, 11) is 1.49. The Morgan fingerprint density at radius 2 is 2.20 bits per heavy atom. The van der Waals surface area contributed by atoms with E-state index in [1.807, 2.05) is 0 Å². The van der Waals surface area contributed by atoms with Gasteiger partial charge in [-0.1, -0.05) is 6.07 Å². The standard InChI is InChI=1S/C13H15FN2O4/c1-16(11-7-20-6-10(11)12(17)18)13(19)15-9-4-2-3-8(14)5-9/h2-5,10-11H,6-7H2,1H3,(H,15,19)(H,17,18). The van der Waals surface area contributed by atoms with Gasteiger partial charge in [-0.3, -0.25) is 4.79 Å². The van der Waals surface area contributed by atoms with Gasteiger partial charge in [0.05, 0.1) is 19.3 Å². The highest BCUT2D eigenvalue weighted by Crippen LogP contribution is 2.20. The first kappa shape index (κ1) is 14.3. The second-order valence-corrected chi connectivity index (χ2v) is 4.60. The first-order valence-corrected chi connectivity index (χ1v) is 6.09. The number of urea groups is 1. The van der Waals surface area contributed by atoms with Crippen molar-refractivity contribution in [3.63, 3.8) is 0 Å². The quantitative estimate of drug-likeness (QED) is 0.878. The minimum absolute atomic E-state index is 0.0809. The zero-order valence-electron chi connectivity index (χ0n) is 10.9. The number of carbonyl (C=O) groups is 2. The summed E-state index contributed by atoms with van der Waals surface area (Å²) in [5.41, 5.74) is 0.313. The number of carboxylic acid groups (broad SMARTS) is 1. The van der Waals surface area contributed by atoms with Crippen molar-refractivity contribution in [2.75, 3.05) is 25.6 Å². The maximum atomic E-state index is 13.0. The second kappa shape index (κ2) is 5.87. The molecule has 2 atom stereocenters. The molecule has 1 aromatic carbocycles. The van der Waals surface area contributed by atoms with Crippen LogP contribution in [0, 0.1) is 11.7 Å². The van der Waals surface area contributed by atoms with Gasteiger partial charge in [0, 0.05) is 12.7 Å². The Hall–Kier alpha value is -2.15. The third-order valence-electron chi connectivity index (χ3n) is 3.26. The molecule has 2 unspecified atom stereocenters. The number of rotatable bonds is 3. The van der Waals surface area contributed by atoms with Crippen molar-refractivity contribution < 1.29 is 23.8 Å². The number of anilines is 1. The summed E-state index contributed by atoms with van der Waals surface area (Å²) >= 11 is 0. The number of nitrogens with zero attached hydrogens (tertiary/aromatic N) is 1. The number of ether oxygens (including phenoxy) is 1. The molecule has 0 aliphatic carbocycles. The third kappa shape index (κ3) is 3.05. The van der Waals surface area contributed by atoms with E-state index in [0.717, 1.165) is 0 Å². The molecule has 1 aliphatic heterocycles. The second-order valence-electron chi connectivity index (χ2n) is 4.60. The zero-order valence-corrected chi connectivity index (χ0v) is 10.9. The van der Waals surface area contributed by atoms with Crippen LogP contribution in [0.2, 0.25) is 0 Å². The number of halogens is 1. The lowest BCUT2D eigenvalue weighted by Gasteiger charge is -2.26. The fourth-order valence-electron chi connectivity index (χ4n) is 2.09. The van der Waals surface area contributed by atoms with Gasteiger partial charge in [0.25, 0.3) is 0 Å². The number of carbonyl (C=O) groups excluding carboxylic acids is 1. The highest BCUT2D eigenvalue weighted by Gasteiger charge is 2.38. The molecule has 0 spiro atoms. The van der Waals surface area contributed by atoms with Crippen molar-refractivity contribution in [3.8, 4) is 0 Å². The van der Waals surface area contributed by atoms with Gasteiger partial charge in [0.15, 0.2) is 0 Å². The van der Waals surface area contributed by atoms with E-state index in [1.165, 1.54) is 30.1 Å². The number of amides is 2. The van der Waals surface area contributed by atoms with Crippen molar-refractivity contribution in [1.82, 2.24) is 4.90 Å². The largest absolute Gasteiger partial charge is 0.481 e. The molecule has 2 amide bonds. The van der Waals surface area contributed by atoms with E-state index in [4.69, 9.17) is 9.84 Å². The van der Waals surface area contributed by atoms with Crippen LogP contribution in [0.15, 0.2) is 24.3 Å². The molecule has 0 aromatic heterocycles. The lowest BCUT2D eigenvalue weighted by molar-refractivity contribution is -0.142. The van der Waals surface area contributed by atoms with Crippen molar-refractivity contribution in [2.24, 2.45) is 5.92 Å². The molecule has 2 N–H and O–H groups in total. The van der Waals surface area contributed by atoms with Gasteiger partial charge in [-0.25, -0.2) is 9.18 Å². The van der Waals surface area contributed by atoms with E-state index in [9.17, 15) is 14.0 Å². The van der Waals surface area contributed by atoms with Crippen LogP contribution in [0.3, 0.4) is 0 Å². The lowest BCUT2D eigenvalue weighted by Crippen LogP contribution is -2.45. The molecule has 1 aromatic rings. The molecule has 1 heterocycles. The van der Waals surface area contributed by atoms with Gasteiger partial charge in [-0.05, 0) is 18.2 Å². The molecule has 1 saturated heterocycles. The first-order valence-electron chi connectivity index (χ1n) is 6.09. The monoisotopic (exact) mass is 282 g/mol. The summed E-state index contributed by atoms with van der Waals surface area (Å²) in [5.74, 6) is -2.21. The molecular weight excluding hydrogens is 267 g/mol. The SMILES string of the molecule is CN(C(=O)Nc1cccc(F)c1)C1COCC1C(=O)O. The van der Waals surface area contributed by atoms with Gasteiger partial charge in [-0.2, -0.15) is 0 Å². The smallest absolute Gasteiger partial charge is 0.321 e. The fourth-order valence-corrected chi connectivity index (χ4v) is 2.09. The molecule has 1 fully saturated rings. The minimum Gasteiger partial charge on any atom is -0.481 e. The third-order valence-corrected chi connectivity index (χ3v) is 3.26. The molecule has 108 valence electrons. The normalized spacial score (nSPS) is 21.5. The van der Waals surface area contributed by atoms with Crippen LogP contribution in [0.4, 0.5) is 14.9 Å². The number of hydrogen-bond donors (Lipinski definition) is 2. The Morgan fingerprint density at radius 1 is 1.45 bits per heavy atom. The molecular formula is C13H15FN2O4. The maximum Gasteiger partial charge on any atom is 0.321 e. The predicted octanol–water partition coefficient (Wildman–Crippen LogP) is 1.39. The van der Waals surface area contributed by atoms with Crippen LogP contribution in [-0.4, -0.2) is 48.3 Å². The summed E-state index contributed by atoms with van der Waals surface area (Å²) in [6.07, 6.45) is 0. The van der Waals surface area contributed by atoms with Crippen LogP contribution < -0.4 is 5.32 Å². The summed E-state index contributed by atoms with van der Waals surface area (Å²) in [6, 6.07) is 4.44. The Labute approximate surface area is 115 Å². The molecule has 20 heavy (non-hydrogen) atoms. The molecule has 2 rings (SSSR count). The summed E-state index contributed by atoms with van der Waals surface area (Å²) < 4.78 is 18.1. The minimum atomic E-state index is -1.00. The van der Waals surface area contributed by atoms with Gasteiger partial charge >= 0.3 is 12.0 Å². The number of carboxylic acids is 1. The van der Waals surface area contributed by atoms with Crippen LogP contribution >= 0.6 is 0 Å². The maximum absolute atomic E-state index is 13.0. The van der Waals surface area contributed by atoms with E-state index in [-0.39, 0.29) is 13.2 Å². The van der Waals surface area contributed by atoms with Gasteiger partial charge in [0.1, 0.15) is 11.7 Å². The van der Waals surface area contributed by atoms with Crippen LogP contribution in [0.25, 0.3) is 0 Å². The highest BCUT2D eigenvalue weighted by atomic mass is 19.1. The predicted molar refractivity (Wildman–Crippen MR) is 68.9 cm³/mol. The van der Waals surface area contributed by atoms with Crippen molar-refractivity contribution >= 4 is 17.7 Å². The van der Waals surface area contributed by atoms with Crippen molar-refractivity contribution in [1.29, 1.82) is 0 Å². The summed E-state index contributed by atoms with van der Waals surface area (Å²) in [5, 5.41) is 11.6. The van der Waals surface area contributed by atoms with Gasteiger partial charge in [0.2, 0.25) is 0 Å². The van der Waals surface area contributed by atoms with E-state index in [0.29, 0.717) is 5.69 Å². The van der Waals surface area contributed by atoms with Gasteiger partial charge < -0.3 is 20.1 Å². The Morgan fingerprint density at radius 3 is 2.85 bits per heavy atom. The lowest BCUT2D eigenvalue weighted by atomic mass is 10.0. The Balaban J connectivity index is 2.03. The number of hydrogen-bond acceptors (Lipinski definition) is 3. The number of benzene rings is 1. The van der Waals surface area contributed by atoms with E-state index in [2.05, 4.69) is 5.32 Å². The highest BCUT2D eigenvalue weighted by molar-refractivity contribution is 5.89. The number of aliphatic carboxylic acids is 1. The van der Waals surface area contributed by atoms with E-state index < -0.39 is 29.8 Å². The van der Waals surface area contributed by atoms with Crippen LogP contribution in [0.5, 0.6) is 0 Å². The van der Waals surface area contributed by atoms with Crippen LogP contribution in [-0.2, 0) is 9.53 Å². The first-order chi connectivity index (χ1) is 9.49. The zero-order chi connectivity index (χ0) is 14.7. The van der Waals surface area contributed by atoms with Crippen molar-refractivity contribution in [3.05, 3.63) is 30.1 Å². The van der Waals surface area contributed by atoms with E-state index >= 15 is 0 Å². The van der Waals surface area contributed by atoms with Crippen molar-refractivity contribution in [2.45, 2.75) is 6.04 Å². The van der Waals surface area contributed by atoms with Crippen LogP contribution in [0.1, 0.15) is 0 Å². The molecule has 1 aliphatic rings. The molecule has 0 bridgehead atoms. The topological polar surface area (TPSA) is 78.9 Å². The summed E-state index contributed by atoms with van der Waals surface area (Å²) in [4.78, 5) is 24.4. The molecule has 6 nitrogen and oxygen atoms in total. The Kier molecular flexibility index (Phi) is 4.19. The molecule has 0 radical (unpaired) electrons. The van der Waals surface area contributed by atoms with Gasteiger partial charge in [-0.15, -0.1) is 0 Å². The number of nitrogens with one attached hydrogen (secondary N) is 1. The average molecular weight is 282 g/mol. The fraction of sp³-hybridized carbons (Fsp3) is 0.385. The Bertz CT molecular complexity index is 523.